The molecule has 21 heavy (non-hydrogen) atoms. The molecule has 1 aromatic heterocycles. The monoisotopic (exact) mass is 311 g/mol. The number of carbonyl (C=O) groups is 1. The molecule has 0 spiro atoms. The number of ether oxygens (including phenoxy) is 1. The van der Waals surface area contributed by atoms with E-state index < -0.39 is 5.60 Å². The molecular formula is C15H22ClN3O2. The predicted molar refractivity (Wildman–Crippen MR) is 82.3 cm³/mol. The molecule has 0 saturated carbocycles. The van der Waals surface area contributed by atoms with Crippen molar-refractivity contribution >= 4 is 17.7 Å². The Kier molecular flexibility index (Phi) is 5.06. The van der Waals surface area contributed by atoms with Gasteiger partial charge in [0.2, 0.25) is 0 Å². The van der Waals surface area contributed by atoms with Crippen LogP contribution in [0.1, 0.15) is 32.8 Å². The van der Waals surface area contributed by atoms with Gasteiger partial charge >= 0.3 is 6.09 Å². The number of carbonyl (C=O) groups excluding carboxylic acids is 1. The minimum atomic E-state index is -0.461. The average Bonchev–Trinajstić information content (AvgIpc) is 2.77. The second-order valence-electron chi connectivity index (χ2n) is 6.36. The second kappa shape index (κ2) is 6.62. The van der Waals surface area contributed by atoms with Crippen LogP contribution in [0.5, 0.6) is 0 Å². The second-order valence-corrected chi connectivity index (χ2v) is 6.74. The van der Waals surface area contributed by atoms with Crippen LogP contribution in [0.4, 0.5) is 4.79 Å². The maximum absolute atomic E-state index is 11.7. The molecule has 0 aliphatic carbocycles. The third kappa shape index (κ3) is 5.52. The minimum Gasteiger partial charge on any atom is -0.444 e. The summed E-state index contributed by atoms with van der Waals surface area (Å²) in [5.41, 5.74) is 0.662. The molecule has 0 bridgehead atoms. The SMILES string of the molecule is CC(C)(C)OC(=O)N[C@@H]1CCN(Cc2ccc(Cl)nc2)C1. The lowest BCUT2D eigenvalue weighted by Crippen LogP contribution is -2.40. The van der Waals surface area contributed by atoms with E-state index in [0.29, 0.717) is 5.15 Å². The molecule has 2 rings (SSSR count). The van der Waals surface area contributed by atoms with E-state index >= 15 is 0 Å². The molecule has 5 nitrogen and oxygen atoms in total. The van der Waals surface area contributed by atoms with Gasteiger partial charge in [0, 0.05) is 31.9 Å². The zero-order chi connectivity index (χ0) is 15.5. The van der Waals surface area contributed by atoms with Gasteiger partial charge in [0.15, 0.2) is 0 Å². The van der Waals surface area contributed by atoms with Crippen LogP contribution in [-0.2, 0) is 11.3 Å². The Bertz CT molecular complexity index is 485. The van der Waals surface area contributed by atoms with E-state index in [-0.39, 0.29) is 12.1 Å². The molecule has 0 unspecified atom stereocenters. The average molecular weight is 312 g/mol. The Labute approximate surface area is 130 Å². The summed E-state index contributed by atoms with van der Waals surface area (Å²) in [4.78, 5) is 18.1. The molecule has 1 atom stereocenters. The van der Waals surface area contributed by atoms with Crippen LogP contribution < -0.4 is 5.32 Å². The van der Waals surface area contributed by atoms with Crippen LogP contribution in [0.15, 0.2) is 18.3 Å². The van der Waals surface area contributed by atoms with E-state index in [1.54, 1.807) is 12.3 Å². The molecule has 0 radical (unpaired) electrons. The van der Waals surface area contributed by atoms with Crippen molar-refractivity contribution in [1.82, 2.24) is 15.2 Å². The maximum atomic E-state index is 11.7. The summed E-state index contributed by atoms with van der Waals surface area (Å²) < 4.78 is 5.27. The molecule has 116 valence electrons. The van der Waals surface area contributed by atoms with Crippen molar-refractivity contribution in [3.8, 4) is 0 Å². The Morgan fingerprint density at radius 1 is 1.52 bits per heavy atom. The number of aromatic nitrogens is 1. The molecule has 1 aliphatic heterocycles. The molecule has 0 aromatic carbocycles. The molecule has 2 heterocycles. The minimum absolute atomic E-state index is 0.139. The van der Waals surface area contributed by atoms with Crippen molar-refractivity contribution in [2.24, 2.45) is 0 Å². The first-order valence-corrected chi connectivity index (χ1v) is 7.52. The molecule has 1 aliphatic rings. The lowest BCUT2D eigenvalue weighted by Gasteiger charge is -2.22. The Morgan fingerprint density at radius 2 is 2.29 bits per heavy atom. The molecule has 1 N–H and O–H groups in total. The summed E-state index contributed by atoms with van der Waals surface area (Å²) in [5, 5.41) is 3.43. The van der Waals surface area contributed by atoms with E-state index in [1.807, 2.05) is 26.8 Å². The van der Waals surface area contributed by atoms with Gasteiger partial charge in [-0.3, -0.25) is 4.90 Å². The number of nitrogens with zero attached hydrogens (tertiary/aromatic N) is 2. The van der Waals surface area contributed by atoms with E-state index in [1.165, 1.54) is 0 Å². The largest absolute Gasteiger partial charge is 0.444 e. The molecule has 1 amide bonds. The number of hydrogen-bond donors (Lipinski definition) is 1. The summed E-state index contributed by atoms with van der Waals surface area (Å²) in [6, 6.07) is 3.91. The highest BCUT2D eigenvalue weighted by Gasteiger charge is 2.26. The first kappa shape index (κ1) is 16.0. The predicted octanol–water partition coefficient (Wildman–Crippen LogP) is 2.83. The Balaban J connectivity index is 1.78. The summed E-state index contributed by atoms with van der Waals surface area (Å²) in [7, 11) is 0. The van der Waals surface area contributed by atoms with E-state index in [4.69, 9.17) is 16.3 Å². The lowest BCUT2D eigenvalue weighted by molar-refractivity contribution is 0.0506. The van der Waals surface area contributed by atoms with Crippen molar-refractivity contribution in [3.63, 3.8) is 0 Å². The molecule has 1 saturated heterocycles. The van der Waals surface area contributed by atoms with Crippen LogP contribution in [0.3, 0.4) is 0 Å². The summed E-state index contributed by atoms with van der Waals surface area (Å²) in [6.07, 6.45) is 2.37. The fourth-order valence-electron chi connectivity index (χ4n) is 2.33. The third-order valence-corrected chi connectivity index (χ3v) is 3.41. The van der Waals surface area contributed by atoms with Gasteiger partial charge in [-0.15, -0.1) is 0 Å². The summed E-state index contributed by atoms with van der Waals surface area (Å²) in [6.45, 7) is 8.17. The van der Waals surface area contributed by atoms with Gasteiger partial charge in [0.25, 0.3) is 0 Å². The van der Waals surface area contributed by atoms with E-state index in [2.05, 4.69) is 15.2 Å². The number of pyridine rings is 1. The smallest absolute Gasteiger partial charge is 0.407 e. The zero-order valence-corrected chi connectivity index (χ0v) is 13.5. The normalized spacial score (nSPS) is 19.5. The van der Waals surface area contributed by atoms with Crippen molar-refractivity contribution in [3.05, 3.63) is 29.0 Å². The fourth-order valence-corrected chi connectivity index (χ4v) is 2.44. The number of halogens is 1. The van der Waals surface area contributed by atoms with Gasteiger partial charge in [-0.05, 0) is 38.8 Å². The van der Waals surface area contributed by atoms with Gasteiger partial charge in [0.05, 0.1) is 0 Å². The van der Waals surface area contributed by atoms with Crippen molar-refractivity contribution in [1.29, 1.82) is 0 Å². The fraction of sp³-hybridized carbons (Fsp3) is 0.600. The first-order valence-electron chi connectivity index (χ1n) is 7.14. The number of hydrogen-bond acceptors (Lipinski definition) is 4. The Hall–Kier alpha value is -1.33. The van der Waals surface area contributed by atoms with Crippen LogP contribution in [-0.4, -0.2) is 40.7 Å². The molecular weight excluding hydrogens is 290 g/mol. The van der Waals surface area contributed by atoms with Gasteiger partial charge in [-0.1, -0.05) is 17.7 Å². The number of amides is 1. The Morgan fingerprint density at radius 3 is 2.90 bits per heavy atom. The van der Waals surface area contributed by atoms with E-state index in [9.17, 15) is 4.79 Å². The van der Waals surface area contributed by atoms with Crippen molar-refractivity contribution < 1.29 is 9.53 Å². The van der Waals surface area contributed by atoms with Crippen molar-refractivity contribution in [2.75, 3.05) is 13.1 Å². The topological polar surface area (TPSA) is 54.5 Å². The molecule has 1 fully saturated rings. The van der Waals surface area contributed by atoms with E-state index in [0.717, 1.165) is 31.6 Å². The van der Waals surface area contributed by atoms with Crippen LogP contribution >= 0.6 is 11.6 Å². The first-order chi connectivity index (χ1) is 9.82. The van der Waals surface area contributed by atoms with Crippen molar-refractivity contribution in [2.45, 2.75) is 45.4 Å². The quantitative estimate of drug-likeness (QED) is 0.872. The van der Waals surface area contributed by atoms with Crippen LogP contribution in [0.2, 0.25) is 5.15 Å². The summed E-state index contributed by atoms with van der Waals surface area (Å²) in [5.74, 6) is 0. The number of likely N-dealkylation sites (tertiary alicyclic amines) is 1. The highest BCUT2D eigenvalue weighted by atomic mass is 35.5. The number of alkyl carbamates (subject to hydrolysis) is 1. The summed E-state index contributed by atoms with van der Waals surface area (Å²) >= 11 is 5.78. The lowest BCUT2D eigenvalue weighted by atomic mass is 10.2. The number of nitrogens with one attached hydrogen (secondary N) is 1. The zero-order valence-electron chi connectivity index (χ0n) is 12.7. The highest BCUT2D eigenvalue weighted by molar-refractivity contribution is 6.29. The standard InChI is InChI=1S/C15H22ClN3O2/c1-15(2,3)21-14(20)18-12-6-7-19(10-12)9-11-4-5-13(16)17-8-11/h4-5,8,12H,6-7,9-10H2,1-3H3,(H,18,20)/t12-/m1/s1. The molecule has 6 heteroatoms. The van der Waals surface area contributed by atoms with Crippen LogP contribution in [0.25, 0.3) is 0 Å². The molecule has 1 aromatic rings. The van der Waals surface area contributed by atoms with Gasteiger partial charge in [0.1, 0.15) is 10.8 Å². The third-order valence-electron chi connectivity index (χ3n) is 3.19. The van der Waals surface area contributed by atoms with Gasteiger partial charge in [-0.2, -0.15) is 0 Å². The highest BCUT2D eigenvalue weighted by Crippen LogP contribution is 2.15. The number of rotatable bonds is 3. The van der Waals surface area contributed by atoms with Crippen LogP contribution in [0, 0.1) is 0 Å². The van der Waals surface area contributed by atoms with Gasteiger partial charge < -0.3 is 10.1 Å². The maximum Gasteiger partial charge on any atom is 0.407 e. The van der Waals surface area contributed by atoms with Gasteiger partial charge in [-0.25, -0.2) is 9.78 Å².